The number of rotatable bonds is 0. The van der Waals surface area contributed by atoms with Gasteiger partial charge in [0.1, 0.15) is 23.5 Å². The molecule has 162 valence electrons. The number of anilines is 1. The van der Waals surface area contributed by atoms with E-state index in [4.69, 9.17) is 16.3 Å². The number of aromatic amines is 1. The third kappa shape index (κ3) is 4.72. The summed E-state index contributed by atoms with van der Waals surface area (Å²) in [7, 11) is 1.80. The summed E-state index contributed by atoms with van der Waals surface area (Å²) in [5.41, 5.74) is 1.58. The van der Waals surface area contributed by atoms with Gasteiger partial charge in [0.25, 0.3) is 0 Å². The smallest absolute Gasteiger partial charge is 0.222 e. The van der Waals surface area contributed by atoms with Crippen LogP contribution in [0.25, 0.3) is 11.0 Å². The average Bonchev–Trinajstić information content (AvgIpc) is 3.09. The predicted octanol–water partition coefficient (Wildman–Crippen LogP) is 3.50. The van der Waals surface area contributed by atoms with E-state index in [0.29, 0.717) is 71.4 Å². The molecule has 10 heteroatoms. The molecule has 0 saturated heterocycles. The second-order valence-corrected chi connectivity index (χ2v) is 7.66. The van der Waals surface area contributed by atoms with Gasteiger partial charge in [-0.1, -0.05) is 11.6 Å². The van der Waals surface area contributed by atoms with Crippen LogP contribution in [0.1, 0.15) is 24.8 Å². The van der Waals surface area contributed by atoms with Gasteiger partial charge in [0, 0.05) is 38.8 Å². The Morgan fingerprint density at radius 3 is 3.00 bits per heavy atom. The molecule has 0 spiro atoms. The first-order valence-corrected chi connectivity index (χ1v) is 10.4. The van der Waals surface area contributed by atoms with E-state index in [0.717, 1.165) is 6.42 Å². The van der Waals surface area contributed by atoms with Crippen molar-refractivity contribution < 1.29 is 14.6 Å². The number of aromatic hydroxyl groups is 1. The Hall–Kier alpha value is -3.33. The highest BCUT2D eigenvalue weighted by Gasteiger charge is 2.16. The molecule has 1 amide bonds. The largest absolute Gasteiger partial charge is 0.494 e. The standard InChI is InChI=1S/C21H23ClN6O3/c1-28-8-3-7-23-19-18-14(21(30)27-20(18)26-12-25-19)11-24-13-5-6-15(22)16(10-13)31-9-2-4-17(28)29/h5-6,10-12,30H,2-4,7-9H2,1H3,(H2,23,25,26,27). The SMILES string of the molecule is CN1CCCNc2ncnc3[nH]c(O)c(c23)C=Nc2ccc(Cl)c(c2)OCCCC1=O. The van der Waals surface area contributed by atoms with Crippen LogP contribution < -0.4 is 10.1 Å². The Morgan fingerprint density at radius 1 is 1.26 bits per heavy atom. The normalized spacial score (nSPS) is 15.8. The number of nitrogens with one attached hydrogen (secondary N) is 2. The summed E-state index contributed by atoms with van der Waals surface area (Å²) in [6.45, 7) is 1.59. The molecule has 0 atom stereocenters. The van der Waals surface area contributed by atoms with Crippen molar-refractivity contribution in [2.45, 2.75) is 19.3 Å². The minimum Gasteiger partial charge on any atom is -0.494 e. The van der Waals surface area contributed by atoms with Crippen LogP contribution in [0, 0.1) is 0 Å². The summed E-state index contributed by atoms with van der Waals surface area (Å²) in [4.78, 5) is 29.9. The lowest BCUT2D eigenvalue weighted by molar-refractivity contribution is -0.130. The molecule has 0 radical (unpaired) electrons. The molecule has 3 aromatic rings. The number of nitrogens with zero attached hydrogens (tertiary/aromatic N) is 4. The molecule has 0 saturated carbocycles. The molecular weight excluding hydrogens is 420 g/mol. The highest BCUT2D eigenvalue weighted by Crippen LogP contribution is 2.32. The number of H-pyrrole nitrogens is 1. The lowest BCUT2D eigenvalue weighted by atomic mass is 10.2. The van der Waals surface area contributed by atoms with Crippen LogP contribution >= 0.6 is 11.6 Å². The lowest BCUT2D eigenvalue weighted by Crippen LogP contribution is -2.29. The van der Waals surface area contributed by atoms with E-state index in [9.17, 15) is 9.90 Å². The Morgan fingerprint density at radius 2 is 2.13 bits per heavy atom. The van der Waals surface area contributed by atoms with Crippen molar-refractivity contribution in [2.75, 3.05) is 32.1 Å². The molecular formula is C21H23ClN6O3. The van der Waals surface area contributed by atoms with Crippen molar-refractivity contribution in [3.05, 3.63) is 35.1 Å². The second-order valence-electron chi connectivity index (χ2n) is 7.25. The molecule has 1 aliphatic rings. The molecule has 3 heterocycles. The molecule has 9 nitrogen and oxygen atoms in total. The third-order valence-electron chi connectivity index (χ3n) is 5.05. The van der Waals surface area contributed by atoms with E-state index in [1.54, 1.807) is 36.4 Å². The maximum Gasteiger partial charge on any atom is 0.222 e. The number of carbonyl (C=O) groups is 1. The topological polar surface area (TPSA) is 116 Å². The third-order valence-corrected chi connectivity index (χ3v) is 5.36. The lowest BCUT2D eigenvalue weighted by Gasteiger charge is -2.18. The molecule has 2 bridgehead atoms. The highest BCUT2D eigenvalue weighted by molar-refractivity contribution is 6.32. The van der Waals surface area contributed by atoms with Gasteiger partial charge >= 0.3 is 0 Å². The Bertz CT molecular complexity index is 1130. The van der Waals surface area contributed by atoms with Crippen molar-refractivity contribution in [1.29, 1.82) is 0 Å². The van der Waals surface area contributed by atoms with Crippen LogP contribution in [0.3, 0.4) is 0 Å². The molecule has 0 aliphatic carbocycles. The maximum absolute atomic E-state index is 12.3. The van der Waals surface area contributed by atoms with Crippen molar-refractivity contribution in [1.82, 2.24) is 19.9 Å². The van der Waals surface area contributed by atoms with Gasteiger partial charge in [-0.15, -0.1) is 0 Å². The fourth-order valence-corrected chi connectivity index (χ4v) is 3.53. The number of halogens is 1. The first-order chi connectivity index (χ1) is 15.0. The predicted molar refractivity (Wildman–Crippen MR) is 120 cm³/mol. The quantitative estimate of drug-likeness (QED) is 0.490. The van der Waals surface area contributed by atoms with E-state index in [2.05, 4.69) is 25.3 Å². The van der Waals surface area contributed by atoms with Gasteiger partial charge in [0.05, 0.1) is 28.3 Å². The van der Waals surface area contributed by atoms with Gasteiger partial charge in [-0.05, 0) is 25.0 Å². The van der Waals surface area contributed by atoms with Gasteiger partial charge in [-0.25, -0.2) is 9.97 Å². The Kier molecular flexibility index (Phi) is 6.22. The average molecular weight is 443 g/mol. The summed E-state index contributed by atoms with van der Waals surface area (Å²) in [6.07, 6.45) is 4.71. The minimum absolute atomic E-state index is 0.0486. The first-order valence-electron chi connectivity index (χ1n) is 10.0. The zero-order chi connectivity index (χ0) is 21.8. The van der Waals surface area contributed by atoms with Crippen LogP contribution in [0.15, 0.2) is 29.5 Å². The number of amides is 1. The number of carbonyl (C=O) groups excluding carboxylic acids is 1. The van der Waals surface area contributed by atoms with E-state index < -0.39 is 0 Å². The van der Waals surface area contributed by atoms with Crippen LogP contribution in [0.5, 0.6) is 11.6 Å². The molecule has 0 fully saturated rings. The van der Waals surface area contributed by atoms with Gasteiger partial charge in [0.15, 0.2) is 5.88 Å². The van der Waals surface area contributed by atoms with Crippen LogP contribution in [0.2, 0.25) is 5.02 Å². The van der Waals surface area contributed by atoms with E-state index in [1.165, 1.54) is 6.33 Å². The van der Waals surface area contributed by atoms with Crippen LogP contribution in [0.4, 0.5) is 11.5 Å². The van der Waals surface area contributed by atoms with E-state index in [1.807, 2.05) is 0 Å². The van der Waals surface area contributed by atoms with Gasteiger partial charge in [0.2, 0.25) is 5.91 Å². The molecule has 2 aromatic heterocycles. The van der Waals surface area contributed by atoms with Gasteiger partial charge < -0.3 is 25.0 Å². The van der Waals surface area contributed by atoms with Gasteiger partial charge in [-0.2, -0.15) is 0 Å². The summed E-state index contributed by atoms with van der Waals surface area (Å²) in [5, 5.41) is 14.8. The van der Waals surface area contributed by atoms with E-state index in [-0.39, 0.29) is 11.8 Å². The number of benzene rings is 1. The van der Waals surface area contributed by atoms with Crippen LogP contribution in [-0.2, 0) is 4.79 Å². The van der Waals surface area contributed by atoms with Crippen molar-refractivity contribution in [3.8, 4) is 11.6 Å². The van der Waals surface area contributed by atoms with Gasteiger partial charge in [-0.3, -0.25) is 9.79 Å². The molecule has 3 N–H and O–H groups in total. The second kappa shape index (κ2) is 9.22. The molecule has 31 heavy (non-hydrogen) atoms. The zero-order valence-electron chi connectivity index (χ0n) is 17.1. The number of ether oxygens (including phenoxy) is 1. The van der Waals surface area contributed by atoms with Crippen LogP contribution in [-0.4, -0.2) is 63.8 Å². The monoisotopic (exact) mass is 442 g/mol. The number of hydrogen-bond acceptors (Lipinski definition) is 7. The zero-order valence-corrected chi connectivity index (χ0v) is 17.8. The minimum atomic E-state index is -0.0486. The number of hydrogen-bond donors (Lipinski definition) is 3. The summed E-state index contributed by atoms with van der Waals surface area (Å²) in [5.74, 6) is 1.09. The molecule has 1 aromatic carbocycles. The van der Waals surface area contributed by atoms with E-state index >= 15 is 0 Å². The summed E-state index contributed by atoms with van der Waals surface area (Å²) < 4.78 is 5.77. The van der Waals surface area contributed by atoms with Crippen molar-refractivity contribution in [3.63, 3.8) is 0 Å². The maximum atomic E-state index is 12.3. The number of aliphatic imine (C=N–C) groups is 1. The molecule has 0 unspecified atom stereocenters. The molecule has 4 rings (SSSR count). The summed E-state index contributed by atoms with van der Waals surface area (Å²) in [6, 6.07) is 5.17. The number of fused-ring (bicyclic) bond motifs is 2. The Labute approximate surface area is 184 Å². The highest BCUT2D eigenvalue weighted by atomic mass is 35.5. The first kappa shape index (κ1) is 20.9. The Balaban J connectivity index is 1.71. The fourth-order valence-electron chi connectivity index (χ4n) is 3.36. The molecule has 1 aliphatic heterocycles. The van der Waals surface area contributed by atoms with Crippen molar-refractivity contribution >= 4 is 46.3 Å². The summed E-state index contributed by atoms with van der Waals surface area (Å²) >= 11 is 6.24. The number of aromatic nitrogens is 3. The fraction of sp³-hybridized carbons (Fsp3) is 0.333. The van der Waals surface area contributed by atoms with Crippen molar-refractivity contribution in [2.24, 2.45) is 4.99 Å².